The van der Waals surface area contributed by atoms with E-state index in [4.69, 9.17) is 10.5 Å². The van der Waals surface area contributed by atoms with Gasteiger partial charge in [-0.25, -0.2) is 8.42 Å². The van der Waals surface area contributed by atoms with Gasteiger partial charge in [0.05, 0.1) is 7.11 Å². The topological polar surface area (TPSA) is 89.7 Å². The van der Waals surface area contributed by atoms with E-state index in [1.54, 1.807) is 12.1 Å². The van der Waals surface area contributed by atoms with Crippen LogP contribution in [0.15, 0.2) is 23.1 Å². The molecule has 0 aliphatic carbocycles. The van der Waals surface area contributed by atoms with Crippen molar-refractivity contribution in [2.24, 2.45) is 5.73 Å². The van der Waals surface area contributed by atoms with Gasteiger partial charge in [-0.1, -0.05) is 6.07 Å². The summed E-state index contributed by atoms with van der Waals surface area (Å²) in [5, 5.41) is 0. The van der Waals surface area contributed by atoms with Crippen molar-refractivity contribution >= 4 is 20.8 Å². The highest BCUT2D eigenvalue weighted by molar-refractivity contribution is 7.89. The summed E-state index contributed by atoms with van der Waals surface area (Å²) in [5.41, 5.74) is 6.35. The highest BCUT2D eigenvalue weighted by Gasteiger charge is 2.30. The summed E-state index contributed by atoms with van der Waals surface area (Å²) in [4.78, 5) is 0.130. The molecule has 0 atom stereocenters. The van der Waals surface area contributed by atoms with E-state index in [0.29, 0.717) is 23.8 Å². The quantitative estimate of drug-likeness (QED) is 0.838. The van der Waals surface area contributed by atoms with E-state index in [0.717, 1.165) is 5.56 Å². The van der Waals surface area contributed by atoms with Crippen LogP contribution in [0.4, 0.5) is 0 Å². The van der Waals surface area contributed by atoms with Crippen LogP contribution in [0.3, 0.4) is 0 Å². The Hall–Kier alpha value is -0.960. The van der Waals surface area contributed by atoms with Gasteiger partial charge in [-0.05, 0) is 17.7 Å². The van der Waals surface area contributed by atoms with E-state index in [1.165, 1.54) is 17.5 Å². The maximum atomic E-state index is 12.6. The molecule has 1 aromatic carbocycles. The fraction of sp³-hybridized carbons (Fsp3) is 0.500. The van der Waals surface area contributed by atoms with Crippen molar-refractivity contribution in [1.29, 1.82) is 0 Å². The second-order valence-corrected chi connectivity index (χ2v) is 8.04. The zero-order valence-electron chi connectivity index (χ0n) is 11.2. The van der Waals surface area contributed by atoms with Crippen molar-refractivity contribution in [3.8, 4) is 5.75 Å². The average Bonchev–Trinajstić information content (AvgIpc) is 2.46. The number of methoxy groups -OCH3 is 1. The Morgan fingerprint density at radius 2 is 2.00 bits per heavy atom. The number of nitrogens with two attached hydrogens (primary N) is 1. The van der Waals surface area contributed by atoms with E-state index in [2.05, 4.69) is 0 Å². The molecule has 1 aromatic rings. The molecule has 0 saturated carbocycles. The van der Waals surface area contributed by atoms with Crippen molar-refractivity contribution in [3.63, 3.8) is 0 Å². The predicted molar refractivity (Wildman–Crippen MR) is 77.5 cm³/mol. The van der Waals surface area contributed by atoms with Gasteiger partial charge in [0.1, 0.15) is 10.6 Å². The molecule has 2 rings (SSSR count). The molecule has 0 aromatic heterocycles. The Morgan fingerprint density at radius 1 is 1.35 bits per heavy atom. The second-order valence-electron chi connectivity index (χ2n) is 4.44. The lowest BCUT2D eigenvalue weighted by Gasteiger charge is -2.26. The summed E-state index contributed by atoms with van der Waals surface area (Å²) < 4.78 is 43.0. The van der Waals surface area contributed by atoms with Gasteiger partial charge in [-0.3, -0.25) is 4.21 Å². The third kappa shape index (κ3) is 3.03. The molecule has 2 N–H and O–H groups in total. The fourth-order valence-corrected chi connectivity index (χ4v) is 4.91. The summed E-state index contributed by atoms with van der Waals surface area (Å²) in [6.07, 6.45) is 0. The van der Waals surface area contributed by atoms with Crippen molar-refractivity contribution in [3.05, 3.63) is 23.8 Å². The number of hydrogen-bond donors (Lipinski definition) is 1. The van der Waals surface area contributed by atoms with Crippen LogP contribution >= 0.6 is 0 Å². The number of benzene rings is 1. The Kier molecular flexibility index (Phi) is 4.79. The molecule has 1 fully saturated rings. The monoisotopic (exact) mass is 318 g/mol. The van der Waals surface area contributed by atoms with Crippen molar-refractivity contribution in [2.45, 2.75) is 11.4 Å². The largest absolute Gasteiger partial charge is 0.495 e. The van der Waals surface area contributed by atoms with Gasteiger partial charge in [-0.2, -0.15) is 4.31 Å². The van der Waals surface area contributed by atoms with Crippen LogP contribution < -0.4 is 10.5 Å². The Morgan fingerprint density at radius 3 is 2.55 bits per heavy atom. The number of sulfonamides is 1. The van der Waals surface area contributed by atoms with Crippen LogP contribution in [-0.4, -0.2) is 48.6 Å². The molecule has 6 nitrogen and oxygen atoms in total. The van der Waals surface area contributed by atoms with E-state index in [1.807, 2.05) is 0 Å². The minimum atomic E-state index is -3.62. The lowest BCUT2D eigenvalue weighted by atomic mass is 10.2. The van der Waals surface area contributed by atoms with Gasteiger partial charge in [0.2, 0.25) is 10.0 Å². The maximum Gasteiger partial charge on any atom is 0.246 e. The standard InChI is InChI=1S/C12H18N2O4S2/c1-18-11-8-10(9-13)2-3-12(11)20(16,17)14-4-6-19(15)7-5-14/h2-3,8H,4-7,9,13H2,1H3. The molecule has 0 spiro atoms. The van der Waals surface area contributed by atoms with E-state index >= 15 is 0 Å². The van der Waals surface area contributed by atoms with Crippen molar-refractivity contribution in [2.75, 3.05) is 31.7 Å². The number of hydrogen-bond acceptors (Lipinski definition) is 5. The summed E-state index contributed by atoms with van der Waals surface area (Å²) >= 11 is 0. The molecular weight excluding hydrogens is 300 g/mol. The zero-order chi connectivity index (χ0) is 14.8. The first-order valence-electron chi connectivity index (χ1n) is 6.21. The lowest BCUT2D eigenvalue weighted by molar-refractivity contribution is 0.394. The maximum absolute atomic E-state index is 12.6. The highest BCUT2D eigenvalue weighted by atomic mass is 32.2. The van der Waals surface area contributed by atoms with Gasteiger partial charge >= 0.3 is 0 Å². The van der Waals surface area contributed by atoms with Crippen LogP contribution in [0.2, 0.25) is 0 Å². The van der Waals surface area contributed by atoms with E-state index < -0.39 is 20.8 Å². The van der Waals surface area contributed by atoms with Gasteiger partial charge in [0.25, 0.3) is 0 Å². The van der Waals surface area contributed by atoms with Gasteiger partial charge in [0, 0.05) is 41.9 Å². The van der Waals surface area contributed by atoms with Gasteiger partial charge in [-0.15, -0.1) is 0 Å². The van der Waals surface area contributed by atoms with Crippen LogP contribution in [-0.2, 0) is 27.4 Å². The molecule has 0 amide bonds. The van der Waals surface area contributed by atoms with Gasteiger partial charge < -0.3 is 10.5 Å². The van der Waals surface area contributed by atoms with Crippen LogP contribution in [0, 0.1) is 0 Å². The SMILES string of the molecule is COc1cc(CN)ccc1S(=O)(=O)N1CCS(=O)CC1. The molecule has 0 unspecified atom stereocenters. The number of ether oxygens (including phenoxy) is 1. The zero-order valence-corrected chi connectivity index (χ0v) is 12.9. The second kappa shape index (κ2) is 6.21. The number of rotatable bonds is 4. The van der Waals surface area contributed by atoms with Gasteiger partial charge in [0.15, 0.2) is 0 Å². The summed E-state index contributed by atoms with van der Waals surface area (Å²) in [5.74, 6) is 1.05. The summed E-state index contributed by atoms with van der Waals surface area (Å²) in [7, 11) is -3.11. The van der Waals surface area contributed by atoms with Crippen LogP contribution in [0.5, 0.6) is 5.75 Å². The van der Waals surface area contributed by atoms with E-state index in [9.17, 15) is 12.6 Å². The molecule has 112 valence electrons. The first kappa shape index (κ1) is 15.4. The summed E-state index contributed by atoms with van der Waals surface area (Å²) in [6.45, 7) is 0.868. The van der Waals surface area contributed by atoms with Crippen molar-refractivity contribution < 1.29 is 17.4 Å². The summed E-state index contributed by atoms with van der Waals surface area (Å²) in [6, 6.07) is 4.83. The van der Waals surface area contributed by atoms with Crippen molar-refractivity contribution in [1.82, 2.24) is 4.31 Å². The molecule has 0 radical (unpaired) electrons. The van der Waals surface area contributed by atoms with Crippen LogP contribution in [0.25, 0.3) is 0 Å². The van der Waals surface area contributed by atoms with Crippen LogP contribution in [0.1, 0.15) is 5.56 Å². The normalized spacial score (nSPS) is 18.1. The molecule has 1 aliphatic rings. The first-order valence-corrected chi connectivity index (χ1v) is 9.14. The smallest absolute Gasteiger partial charge is 0.246 e. The average molecular weight is 318 g/mol. The fourth-order valence-electron chi connectivity index (χ4n) is 2.05. The molecule has 1 aliphatic heterocycles. The third-order valence-corrected chi connectivity index (χ3v) is 6.43. The number of nitrogens with zero attached hydrogens (tertiary/aromatic N) is 1. The molecular formula is C12H18N2O4S2. The molecule has 0 bridgehead atoms. The minimum absolute atomic E-state index is 0.130. The Labute approximate surface area is 121 Å². The molecule has 8 heteroatoms. The minimum Gasteiger partial charge on any atom is -0.495 e. The first-order chi connectivity index (χ1) is 9.48. The Bertz CT molecular complexity index is 606. The molecule has 1 heterocycles. The third-order valence-electron chi connectivity index (χ3n) is 3.22. The predicted octanol–water partition coefficient (Wildman–Crippen LogP) is -0.0931. The lowest BCUT2D eigenvalue weighted by Crippen LogP contribution is -2.41. The molecule has 20 heavy (non-hydrogen) atoms. The Balaban J connectivity index is 2.36. The molecule has 1 saturated heterocycles. The highest BCUT2D eigenvalue weighted by Crippen LogP contribution is 2.28. The van der Waals surface area contributed by atoms with E-state index in [-0.39, 0.29) is 18.0 Å².